The second-order valence-electron chi connectivity index (χ2n) is 6.13. The minimum absolute atomic E-state index is 0.0882. The maximum Gasteiger partial charge on any atom is 0.331 e. The van der Waals surface area contributed by atoms with Gasteiger partial charge in [0, 0.05) is 25.0 Å². The molecule has 1 aromatic heterocycles. The van der Waals surface area contributed by atoms with E-state index < -0.39 is 5.97 Å². The Hall–Kier alpha value is -3.25. The van der Waals surface area contributed by atoms with E-state index in [1.807, 2.05) is 41.1 Å². The number of carbonyl (C=O) groups excluding carboxylic acids is 1. The number of carbonyl (C=O) groups is 1. The molecule has 0 aliphatic carbocycles. The first-order valence-electron chi connectivity index (χ1n) is 8.67. The molecule has 2 aromatic carbocycles. The SMILES string of the molecule is O=C(/C=C/c1cc(Cl)c2c(c1)OCO2)OCc1nccn1Cc1ccccc1. The largest absolute Gasteiger partial charge is 0.454 e. The Labute approximate surface area is 166 Å². The molecular formula is C21H17ClN2O4. The van der Waals surface area contributed by atoms with Crippen molar-refractivity contribution in [2.45, 2.75) is 13.2 Å². The maximum atomic E-state index is 12.1. The standard InChI is InChI=1S/C21H17ClN2O4/c22-17-10-16(11-18-21(17)28-14-27-18)6-7-20(25)26-13-19-23-8-9-24(19)12-15-4-2-1-3-5-15/h1-11H,12-14H2/b7-6+. The lowest BCUT2D eigenvalue weighted by Crippen LogP contribution is -2.08. The lowest BCUT2D eigenvalue weighted by atomic mass is 10.2. The number of hydrogen-bond acceptors (Lipinski definition) is 5. The molecule has 0 amide bonds. The van der Waals surface area contributed by atoms with Gasteiger partial charge in [0.1, 0.15) is 12.4 Å². The Bertz CT molecular complexity index is 1010. The van der Waals surface area contributed by atoms with Crippen LogP contribution in [0.3, 0.4) is 0 Å². The predicted octanol–water partition coefficient (Wildman–Crippen LogP) is 4.07. The van der Waals surface area contributed by atoms with Crippen molar-refractivity contribution in [1.82, 2.24) is 9.55 Å². The van der Waals surface area contributed by atoms with Crippen molar-refractivity contribution in [2.75, 3.05) is 6.79 Å². The van der Waals surface area contributed by atoms with Crippen LogP contribution in [0.5, 0.6) is 11.5 Å². The summed E-state index contributed by atoms with van der Waals surface area (Å²) < 4.78 is 17.8. The van der Waals surface area contributed by atoms with Crippen LogP contribution in [0.25, 0.3) is 6.08 Å². The van der Waals surface area contributed by atoms with Crippen molar-refractivity contribution < 1.29 is 19.0 Å². The summed E-state index contributed by atoms with van der Waals surface area (Å²) >= 11 is 6.14. The van der Waals surface area contributed by atoms with Gasteiger partial charge in [0.2, 0.25) is 6.79 Å². The molecule has 2 heterocycles. The highest BCUT2D eigenvalue weighted by Gasteiger charge is 2.17. The number of ether oxygens (including phenoxy) is 3. The summed E-state index contributed by atoms with van der Waals surface area (Å²) in [6.07, 6.45) is 6.52. The smallest absolute Gasteiger partial charge is 0.331 e. The topological polar surface area (TPSA) is 62.6 Å². The van der Waals surface area contributed by atoms with Crippen LogP contribution < -0.4 is 9.47 Å². The summed E-state index contributed by atoms with van der Waals surface area (Å²) in [4.78, 5) is 16.3. The fourth-order valence-electron chi connectivity index (χ4n) is 2.84. The Morgan fingerprint density at radius 2 is 2.11 bits per heavy atom. The highest BCUT2D eigenvalue weighted by atomic mass is 35.5. The van der Waals surface area contributed by atoms with Crippen molar-refractivity contribution in [3.05, 3.63) is 82.9 Å². The first-order valence-corrected chi connectivity index (χ1v) is 9.05. The zero-order valence-electron chi connectivity index (χ0n) is 14.9. The molecule has 0 saturated carbocycles. The molecule has 0 saturated heterocycles. The number of hydrogen-bond donors (Lipinski definition) is 0. The summed E-state index contributed by atoms with van der Waals surface area (Å²) in [5.41, 5.74) is 1.87. The molecule has 0 fully saturated rings. The fourth-order valence-corrected chi connectivity index (χ4v) is 3.11. The molecule has 0 N–H and O–H groups in total. The fraction of sp³-hybridized carbons (Fsp3) is 0.143. The average Bonchev–Trinajstić information content (AvgIpc) is 3.35. The van der Waals surface area contributed by atoms with E-state index in [2.05, 4.69) is 4.98 Å². The minimum atomic E-state index is -0.469. The second kappa shape index (κ2) is 8.19. The van der Waals surface area contributed by atoms with E-state index in [1.54, 1.807) is 24.4 Å². The number of benzene rings is 2. The molecule has 1 aliphatic heterocycles. The monoisotopic (exact) mass is 396 g/mol. The zero-order valence-corrected chi connectivity index (χ0v) is 15.6. The summed E-state index contributed by atoms with van der Waals surface area (Å²) in [5.74, 6) is 1.29. The van der Waals surface area contributed by atoms with E-state index in [0.29, 0.717) is 28.9 Å². The van der Waals surface area contributed by atoms with Gasteiger partial charge in [-0.3, -0.25) is 0 Å². The maximum absolute atomic E-state index is 12.1. The minimum Gasteiger partial charge on any atom is -0.454 e. The summed E-state index contributed by atoms with van der Waals surface area (Å²) in [5, 5.41) is 0.436. The lowest BCUT2D eigenvalue weighted by Gasteiger charge is -2.08. The summed E-state index contributed by atoms with van der Waals surface area (Å²) in [6.45, 7) is 0.893. The molecule has 0 unspecified atom stereocenters. The number of rotatable bonds is 6. The highest BCUT2D eigenvalue weighted by Crippen LogP contribution is 2.40. The number of esters is 1. The van der Waals surface area contributed by atoms with E-state index in [9.17, 15) is 4.79 Å². The van der Waals surface area contributed by atoms with E-state index in [4.69, 9.17) is 25.8 Å². The van der Waals surface area contributed by atoms with Crippen molar-refractivity contribution in [2.24, 2.45) is 0 Å². The molecule has 0 spiro atoms. The van der Waals surface area contributed by atoms with Gasteiger partial charge in [-0.2, -0.15) is 0 Å². The van der Waals surface area contributed by atoms with Crippen molar-refractivity contribution in [3.63, 3.8) is 0 Å². The molecule has 1 aliphatic rings. The average molecular weight is 397 g/mol. The Kier molecular flexibility index (Phi) is 5.30. The number of nitrogens with zero attached hydrogens (tertiary/aromatic N) is 2. The van der Waals surface area contributed by atoms with Crippen molar-refractivity contribution in [3.8, 4) is 11.5 Å². The van der Waals surface area contributed by atoms with Gasteiger partial charge in [-0.05, 0) is 29.3 Å². The number of fused-ring (bicyclic) bond motifs is 1. The normalized spacial score (nSPS) is 12.5. The molecule has 7 heteroatoms. The predicted molar refractivity (Wildman–Crippen MR) is 104 cm³/mol. The van der Waals surface area contributed by atoms with E-state index in [1.165, 1.54) is 6.08 Å². The zero-order chi connectivity index (χ0) is 19.3. The van der Waals surface area contributed by atoms with Crippen molar-refractivity contribution >= 4 is 23.6 Å². The van der Waals surface area contributed by atoms with E-state index >= 15 is 0 Å². The van der Waals surface area contributed by atoms with Crippen LogP contribution in [-0.4, -0.2) is 22.3 Å². The quantitative estimate of drug-likeness (QED) is 0.464. The van der Waals surface area contributed by atoms with Crippen molar-refractivity contribution in [1.29, 1.82) is 0 Å². The van der Waals surface area contributed by atoms with Gasteiger partial charge in [-0.25, -0.2) is 9.78 Å². The third-order valence-corrected chi connectivity index (χ3v) is 4.48. The van der Waals surface area contributed by atoms with Gasteiger partial charge in [0.25, 0.3) is 0 Å². The first kappa shape index (κ1) is 18.1. The van der Waals surface area contributed by atoms with Crippen LogP contribution in [0.1, 0.15) is 17.0 Å². The molecule has 0 atom stereocenters. The Morgan fingerprint density at radius 1 is 1.25 bits per heavy atom. The van der Waals surface area contributed by atoms with Gasteiger partial charge in [-0.15, -0.1) is 0 Å². The first-order chi connectivity index (χ1) is 13.7. The van der Waals surface area contributed by atoms with Gasteiger partial charge in [-0.1, -0.05) is 41.9 Å². The van der Waals surface area contributed by atoms with Gasteiger partial charge in [0.05, 0.1) is 5.02 Å². The van der Waals surface area contributed by atoms with Crippen LogP contribution in [-0.2, 0) is 22.7 Å². The lowest BCUT2D eigenvalue weighted by molar-refractivity contribution is -0.139. The van der Waals surface area contributed by atoms with Crippen LogP contribution in [0.15, 0.2) is 60.9 Å². The second-order valence-corrected chi connectivity index (χ2v) is 6.54. The van der Waals surface area contributed by atoms with Gasteiger partial charge >= 0.3 is 5.97 Å². The molecule has 3 aromatic rings. The molecule has 0 radical (unpaired) electrons. The van der Waals surface area contributed by atoms with Gasteiger partial charge in [0.15, 0.2) is 11.5 Å². The van der Waals surface area contributed by atoms with Crippen LogP contribution in [0.2, 0.25) is 5.02 Å². The number of imidazole rings is 1. The molecule has 6 nitrogen and oxygen atoms in total. The third-order valence-electron chi connectivity index (χ3n) is 4.20. The molecule has 0 bridgehead atoms. The summed E-state index contributed by atoms with van der Waals surface area (Å²) in [7, 11) is 0. The van der Waals surface area contributed by atoms with Crippen LogP contribution >= 0.6 is 11.6 Å². The van der Waals surface area contributed by atoms with E-state index in [0.717, 1.165) is 11.1 Å². The molecule has 28 heavy (non-hydrogen) atoms. The Morgan fingerprint density at radius 3 is 2.96 bits per heavy atom. The van der Waals surface area contributed by atoms with Gasteiger partial charge < -0.3 is 18.8 Å². The number of halogens is 1. The van der Waals surface area contributed by atoms with E-state index in [-0.39, 0.29) is 13.4 Å². The third kappa shape index (κ3) is 4.18. The van der Waals surface area contributed by atoms with Crippen LogP contribution in [0, 0.1) is 0 Å². The highest BCUT2D eigenvalue weighted by molar-refractivity contribution is 6.32. The molecule has 4 rings (SSSR count). The Balaban J connectivity index is 1.36. The number of aromatic nitrogens is 2. The molecule has 142 valence electrons. The van der Waals surface area contributed by atoms with Crippen LogP contribution in [0.4, 0.5) is 0 Å². The summed E-state index contributed by atoms with van der Waals surface area (Å²) in [6, 6.07) is 13.5. The molecular weight excluding hydrogens is 380 g/mol.